The van der Waals surface area contributed by atoms with Gasteiger partial charge in [0.05, 0.1) is 26.8 Å². The first-order valence-electron chi connectivity index (χ1n) is 9.43. The van der Waals surface area contributed by atoms with Gasteiger partial charge in [-0.1, -0.05) is 13.3 Å². The molecule has 0 radical (unpaired) electrons. The van der Waals surface area contributed by atoms with Crippen molar-refractivity contribution in [3.8, 4) is 22.9 Å². The summed E-state index contributed by atoms with van der Waals surface area (Å²) in [7, 11) is 5.64. The van der Waals surface area contributed by atoms with Crippen LogP contribution in [0.25, 0.3) is 22.4 Å². The molecule has 3 aromatic rings. The molecule has 4 heteroatoms. The molecule has 2 heterocycles. The highest BCUT2D eigenvalue weighted by atomic mass is 16.5. The Morgan fingerprint density at radius 2 is 1.81 bits per heavy atom. The Hall–Kier alpha value is -2.49. The van der Waals surface area contributed by atoms with Gasteiger partial charge in [0.2, 0.25) is 0 Å². The molecule has 1 atom stereocenters. The van der Waals surface area contributed by atoms with Crippen molar-refractivity contribution in [2.24, 2.45) is 7.05 Å². The highest BCUT2D eigenvalue weighted by molar-refractivity contribution is 5.79. The van der Waals surface area contributed by atoms with Crippen LogP contribution in [-0.2, 0) is 13.5 Å². The molecule has 0 saturated heterocycles. The van der Waals surface area contributed by atoms with Crippen molar-refractivity contribution in [1.82, 2.24) is 4.57 Å². The van der Waals surface area contributed by atoms with Crippen LogP contribution in [0.2, 0.25) is 0 Å². The van der Waals surface area contributed by atoms with E-state index in [4.69, 9.17) is 9.47 Å². The second-order valence-corrected chi connectivity index (χ2v) is 7.13. The lowest BCUT2D eigenvalue weighted by atomic mass is 9.92. The third kappa shape index (κ3) is 2.56. The van der Waals surface area contributed by atoms with E-state index >= 15 is 0 Å². The Kier molecular flexibility index (Phi) is 4.35. The monoisotopic (exact) mass is 351 g/mol. The summed E-state index contributed by atoms with van der Waals surface area (Å²) in [5, 5.41) is 0. The minimum absolute atomic E-state index is 0.459. The molecule has 1 unspecified atom stereocenters. The van der Waals surface area contributed by atoms with Crippen LogP contribution in [-0.4, -0.2) is 18.8 Å². The zero-order chi connectivity index (χ0) is 18.3. The van der Waals surface area contributed by atoms with Gasteiger partial charge in [0.25, 0.3) is 5.82 Å². The molecule has 0 saturated carbocycles. The molecule has 4 rings (SSSR count). The van der Waals surface area contributed by atoms with Crippen molar-refractivity contribution < 1.29 is 14.0 Å². The normalized spacial score (nSPS) is 15.6. The van der Waals surface area contributed by atoms with Crippen LogP contribution in [0.3, 0.4) is 0 Å². The molecule has 1 aliphatic rings. The quantitative estimate of drug-likeness (QED) is 0.636. The molecular weight excluding hydrogens is 324 g/mol. The largest absolute Gasteiger partial charge is 0.497 e. The van der Waals surface area contributed by atoms with Gasteiger partial charge in [0.15, 0.2) is 11.0 Å². The Morgan fingerprint density at radius 3 is 2.54 bits per heavy atom. The highest BCUT2D eigenvalue weighted by Gasteiger charge is 2.36. The Morgan fingerprint density at radius 1 is 1.08 bits per heavy atom. The second-order valence-electron chi connectivity index (χ2n) is 7.13. The van der Waals surface area contributed by atoms with E-state index in [0.717, 1.165) is 17.9 Å². The predicted molar refractivity (Wildman–Crippen MR) is 104 cm³/mol. The van der Waals surface area contributed by atoms with Gasteiger partial charge in [0, 0.05) is 12.5 Å². The van der Waals surface area contributed by atoms with E-state index in [9.17, 15) is 0 Å². The van der Waals surface area contributed by atoms with Crippen molar-refractivity contribution >= 4 is 11.0 Å². The molecule has 4 nitrogen and oxygen atoms in total. The van der Waals surface area contributed by atoms with Crippen LogP contribution >= 0.6 is 0 Å². The van der Waals surface area contributed by atoms with Crippen LogP contribution in [0.15, 0.2) is 36.4 Å². The molecule has 0 N–H and O–H groups in total. The average Bonchev–Trinajstić information content (AvgIpc) is 2.98. The number of aryl methyl sites for hydroxylation is 1. The molecule has 0 bridgehead atoms. The smallest absolute Gasteiger partial charge is 0.290 e. The van der Waals surface area contributed by atoms with Crippen molar-refractivity contribution in [2.45, 2.75) is 38.6 Å². The van der Waals surface area contributed by atoms with E-state index in [0.29, 0.717) is 6.04 Å². The SMILES string of the molecule is CCCCC1Cc2cc(OC)ccc2-c2n1c1cc(OC)ccc1[n+]2C. The van der Waals surface area contributed by atoms with Gasteiger partial charge in [0.1, 0.15) is 17.5 Å². The Labute approximate surface area is 155 Å². The Bertz CT molecular complexity index is 958. The maximum Gasteiger partial charge on any atom is 0.290 e. The van der Waals surface area contributed by atoms with Crippen LogP contribution in [0.5, 0.6) is 11.5 Å². The topological polar surface area (TPSA) is 27.3 Å². The van der Waals surface area contributed by atoms with Crippen molar-refractivity contribution in [2.75, 3.05) is 14.2 Å². The number of rotatable bonds is 5. The molecule has 0 fully saturated rings. The summed E-state index contributed by atoms with van der Waals surface area (Å²) < 4.78 is 15.8. The van der Waals surface area contributed by atoms with Gasteiger partial charge < -0.3 is 9.47 Å². The third-order valence-corrected chi connectivity index (χ3v) is 5.61. The van der Waals surface area contributed by atoms with Crippen molar-refractivity contribution in [3.05, 3.63) is 42.0 Å². The number of hydrogen-bond donors (Lipinski definition) is 0. The van der Waals surface area contributed by atoms with E-state index in [1.807, 2.05) is 6.07 Å². The number of benzene rings is 2. The molecule has 0 amide bonds. The minimum atomic E-state index is 0.459. The van der Waals surface area contributed by atoms with Gasteiger partial charge >= 0.3 is 0 Å². The van der Waals surface area contributed by atoms with Gasteiger partial charge in [-0.2, -0.15) is 0 Å². The predicted octanol–water partition coefficient (Wildman–Crippen LogP) is 4.44. The first-order chi connectivity index (χ1) is 12.7. The molecule has 0 aliphatic carbocycles. The molecule has 26 heavy (non-hydrogen) atoms. The maximum atomic E-state index is 5.50. The summed E-state index contributed by atoms with van der Waals surface area (Å²) in [6, 6.07) is 13.3. The van der Waals surface area contributed by atoms with Crippen LogP contribution in [0, 0.1) is 0 Å². The number of unbranched alkanes of at least 4 members (excludes halogenated alkanes) is 1. The standard InChI is InChI=1S/C22H27N2O2/c1-5-6-7-16-12-15-13-17(25-3)8-10-19(15)22-23(2)20-11-9-18(26-4)14-21(20)24(16)22/h8-11,13-14,16H,5-7,12H2,1-4H3/q+1. The molecule has 0 spiro atoms. The number of imidazole rings is 1. The Balaban J connectivity index is 1.98. The van der Waals surface area contributed by atoms with Crippen molar-refractivity contribution in [3.63, 3.8) is 0 Å². The zero-order valence-corrected chi connectivity index (χ0v) is 16.1. The number of nitrogens with zero attached hydrogens (tertiary/aromatic N) is 2. The van der Waals surface area contributed by atoms with Gasteiger partial charge in [-0.25, -0.2) is 9.13 Å². The van der Waals surface area contributed by atoms with Crippen LogP contribution in [0.1, 0.15) is 37.8 Å². The van der Waals surface area contributed by atoms with Gasteiger partial charge in [-0.15, -0.1) is 0 Å². The summed E-state index contributed by atoms with van der Waals surface area (Å²) in [6.45, 7) is 2.26. The molecular formula is C22H27N2O2+. The number of ether oxygens (including phenoxy) is 2. The van der Waals surface area contributed by atoms with Crippen molar-refractivity contribution in [1.29, 1.82) is 0 Å². The van der Waals surface area contributed by atoms with E-state index in [2.05, 4.69) is 53.4 Å². The maximum absolute atomic E-state index is 5.50. The van der Waals surface area contributed by atoms with Gasteiger partial charge in [-0.3, -0.25) is 0 Å². The molecule has 1 aromatic heterocycles. The number of fused-ring (bicyclic) bond motifs is 5. The summed E-state index contributed by atoms with van der Waals surface area (Å²) in [5.74, 6) is 3.12. The fourth-order valence-corrected chi connectivity index (χ4v) is 4.28. The highest BCUT2D eigenvalue weighted by Crippen LogP contribution is 2.40. The lowest BCUT2D eigenvalue weighted by Crippen LogP contribution is -2.33. The fraction of sp³-hybridized carbons (Fsp3) is 0.409. The molecule has 136 valence electrons. The number of methoxy groups -OCH3 is 2. The van der Waals surface area contributed by atoms with E-state index < -0.39 is 0 Å². The van der Waals surface area contributed by atoms with E-state index in [1.54, 1.807) is 14.2 Å². The van der Waals surface area contributed by atoms with Crippen LogP contribution < -0.4 is 14.0 Å². The first-order valence-corrected chi connectivity index (χ1v) is 9.43. The lowest BCUT2D eigenvalue weighted by molar-refractivity contribution is -0.634. The van der Waals surface area contributed by atoms with E-state index in [-0.39, 0.29) is 0 Å². The summed E-state index contributed by atoms with van der Waals surface area (Å²) in [5.41, 5.74) is 5.18. The number of hydrogen-bond acceptors (Lipinski definition) is 2. The third-order valence-electron chi connectivity index (χ3n) is 5.61. The van der Waals surface area contributed by atoms with E-state index in [1.165, 1.54) is 47.2 Å². The molecule has 1 aliphatic heterocycles. The minimum Gasteiger partial charge on any atom is -0.497 e. The molecule has 2 aromatic carbocycles. The zero-order valence-electron chi connectivity index (χ0n) is 16.1. The summed E-state index contributed by atoms with van der Waals surface area (Å²) >= 11 is 0. The summed E-state index contributed by atoms with van der Waals surface area (Å²) in [6.07, 6.45) is 4.67. The lowest BCUT2D eigenvalue weighted by Gasteiger charge is -2.23. The number of aromatic nitrogens is 2. The first kappa shape index (κ1) is 17.0. The summed E-state index contributed by atoms with van der Waals surface area (Å²) in [4.78, 5) is 0. The van der Waals surface area contributed by atoms with Crippen LogP contribution in [0.4, 0.5) is 0 Å². The average molecular weight is 351 g/mol. The van der Waals surface area contributed by atoms with Gasteiger partial charge in [-0.05, 0) is 48.7 Å². The second kappa shape index (κ2) is 6.67. The fourth-order valence-electron chi connectivity index (χ4n) is 4.28.